The molecule has 1 fully saturated rings. The van der Waals surface area contributed by atoms with E-state index in [1.807, 2.05) is 0 Å². The molecule has 84 valence electrons. The van der Waals surface area contributed by atoms with Gasteiger partial charge in [0, 0.05) is 6.04 Å². The third-order valence-corrected chi connectivity index (χ3v) is 2.99. The predicted molar refractivity (Wildman–Crippen MR) is 59.0 cm³/mol. The highest BCUT2D eigenvalue weighted by Crippen LogP contribution is 2.20. The fourth-order valence-electron chi connectivity index (χ4n) is 1.96. The van der Waals surface area contributed by atoms with E-state index in [2.05, 4.69) is 15.5 Å². The quantitative estimate of drug-likeness (QED) is 0.640. The smallest absolute Gasteiger partial charge is 0.315 e. The highest BCUT2D eigenvalue weighted by molar-refractivity contribution is 6.16. The molecule has 1 aliphatic carbocycles. The average molecular weight is 230 g/mol. The summed E-state index contributed by atoms with van der Waals surface area (Å²) in [4.78, 5) is 0. The fraction of sp³-hybridized carbons (Fsp3) is 0.800. The molecule has 4 nitrogen and oxygen atoms in total. The molecule has 0 bridgehead atoms. The molecule has 15 heavy (non-hydrogen) atoms. The number of rotatable bonds is 3. The van der Waals surface area contributed by atoms with Crippen LogP contribution in [0.4, 0.5) is 6.01 Å². The van der Waals surface area contributed by atoms with E-state index in [9.17, 15) is 0 Å². The van der Waals surface area contributed by atoms with Crippen molar-refractivity contribution in [1.82, 2.24) is 10.2 Å². The first-order valence-electron chi connectivity index (χ1n) is 5.53. The standard InChI is InChI=1S/C10H16ClN3O/c11-7-9-13-14-10(15-9)12-8-5-3-1-2-4-6-8/h8H,1-7H2,(H,12,14). The number of hydrogen-bond acceptors (Lipinski definition) is 4. The van der Waals surface area contributed by atoms with Gasteiger partial charge < -0.3 is 9.73 Å². The van der Waals surface area contributed by atoms with E-state index in [0.717, 1.165) is 0 Å². The molecule has 0 spiro atoms. The molecule has 0 atom stereocenters. The van der Waals surface area contributed by atoms with Crippen LogP contribution >= 0.6 is 11.6 Å². The summed E-state index contributed by atoms with van der Waals surface area (Å²) in [6.45, 7) is 0. The zero-order valence-electron chi connectivity index (χ0n) is 8.71. The molecule has 1 heterocycles. The minimum absolute atomic E-state index is 0.277. The van der Waals surface area contributed by atoms with Crippen LogP contribution in [-0.2, 0) is 5.88 Å². The van der Waals surface area contributed by atoms with E-state index in [1.165, 1.54) is 38.5 Å². The van der Waals surface area contributed by atoms with Crippen molar-refractivity contribution in [2.24, 2.45) is 0 Å². The molecule has 0 aliphatic heterocycles. The summed E-state index contributed by atoms with van der Waals surface area (Å²) in [6.07, 6.45) is 7.64. The second kappa shape index (κ2) is 5.35. The van der Waals surface area contributed by atoms with Gasteiger partial charge in [0.15, 0.2) is 0 Å². The third kappa shape index (κ3) is 3.09. The van der Waals surface area contributed by atoms with Crippen molar-refractivity contribution in [3.63, 3.8) is 0 Å². The lowest BCUT2D eigenvalue weighted by molar-refractivity contribution is 0.507. The van der Waals surface area contributed by atoms with Crippen LogP contribution in [0.2, 0.25) is 0 Å². The molecular weight excluding hydrogens is 214 g/mol. The Morgan fingerprint density at radius 2 is 1.93 bits per heavy atom. The van der Waals surface area contributed by atoms with Gasteiger partial charge in [-0.2, -0.15) is 0 Å². The average Bonchev–Trinajstić information content (AvgIpc) is 2.54. The van der Waals surface area contributed by atoms with E-state index < -0.39 is 0 Å². The summed E-state index contributed by atoms with van der Waals surface area (Å²) in [5.74, 6) is 0.757. The van der Waals surface area contributed by atoms with Crippen LogP contribution in [0.25, 0.3) is 0 Å². The molecule has 2 rings (SSSR count). The Bertz CT molecular complexity index is 295. The zero-order chi connectivity index (χ0) is 10.5. The highest BCUT2D eigenvalue weighted by Gasteiger charge is 2.14. The van der Waals surface area contributed by atoms with Gasteiger partial charge in [0.1, 0.15) is 5.88 Å². The molecule has 0 saturated heterocycles. The van der Waals surface area contributed by atoms with Gasteiger partial charge in [-0.1, -0.05) is 30.8 Å². The van der Waals surface area contributed by atoms with Crippen LogP contribution in [0, 0.1) is 0 Å². The lowest BCUT2D eigenvalue weighted by Crippen LogP contribution is -2.18. The van der Waals surface area contributed by atoms with Crippen molar-refractivity contribution in [2.45, 2.75) is 50.4 Å². The molecule has 1 aliphatic rings. The summed E-state index contributed by atoms with van der Waals surface area (Å²) in [6, 6.07) is 0.994. The molecule has 1 aromatic heterocycles. The van der Waals surface area contributed by atoms with Gasteiger partial charge in [-0.3, -0.25) is 0 Å². The monoisotopic (exact) mass is 229 g/mol. The van der Waals surface area contributed by atoms with Crippen molar-refractivity contribution >= 4 is 17.6 Å². The Balaban J connectivity index is 1.89. The van der Waals surface area contributed by atoms with Crippen molar-refractivity contribution in [2.75, 3.05) is 5.32 Å². The normalized spacial score (nSPS) is 18.7. The molecule has 0 radical (unpaired) electrons. The number of nitrogens with one attached hydrogen (secondary N) is 1. The summed E-state index contributed by atoms with van der Waals surface area (Å²) in [7, 11) is 0. The van der Waals surface area contributed by atoms with Gasteiger partial charge >= 0.3 is 6.01 Å². The van der Waals surface area contributed by atoms with Crippen molar-refractivity contribution < 1.29 is 4.42 Å². The summed E-state index contributed by atoms with van der Waals surface area (Å²) in [5.41, 5.74) is 0. The maximum Gasteiger partial charge on any atom is 0.315 e. The summed E-state index contributed by atoms with van der Waals surface area (Å²) >= 11 is 5.59. The largest absolute Gasteiger partial charge is 0.407 e. The van der Waals surface area contributed by atoms with Gasteiger partial charge in [0.2, 0.25) is 5.89 Å². The summed E-state index contributed by atoms with van der Waals surface area (Å²) in [5, 5.41) is 11.0. The Labute approximate surface area is 94.4 Å². The molecule has 1 N–H and O–H groups in total. The van der Waals surface area contributed by atoms with E-state index in [4.69, 9.17) is 16.0 Å². The Morgan fingerprint density at radius 3 is 2.53 bits per heavy atom. The molecule has 1 aromatic rings. The number of hydrogen-bond donors (Lipinski definition) is 1. The van der Waals surface area contributed by atoms with Crippen LogP contribution in [-0.4, -0.2) is 16.2 Å². The van der Waals surface area contributed by atoms with E-state index in [1.54, 1.807) is 0 Å². The van der Waals surface area contributed by atoms with Crippen LogP contribution in [0.3, 0.4) is 0 Å². The minimum atomic E-state index is 0.277. The van der Waals surface area contributed by atoms with Crippen LogP contribution in [0.15, 0.2) is 4.42 Å². The first kappa shape index (κ1) is 10.7. The van der Waals surface area contributed by atoms with E-state index in [-0.39, 0.29) is 5.88 Å². The second-order valence-corrected chi connectivity index (χ2v) is 4.23. The molecule has 0 aromatic carbocycles. The number of alkyl halides is 1. The number of nitrogens with zero attached hydrogens (tertiary/aromatic N) is 2. The summed E-state index contributed by atoms with van der Waals surface area (Å²) < 4.78 is 5.31. The highest BCUT2D eigenvalue weighted by atomic mass is 35.5. The fourth-order valence-corrected chi connectivity index (χ4v) is 2.07. The Kier molecular flexibility index (Phi) is 3.83. The minimum Gasteiger partial charge on any atom is -0.407 e. The van der Waals surface area contributed by atoms with Crippen LogP contribution in [0.1, 0.15) is 44.4 Å². The number of halogens is 1. The molecule has 5 heteroatoms. The maximum absolute atomic E-state index is 5.59. The second-order valence-electron chi connectivity index (χ2n) is 3.97. The van der Waals surface area contributed by atoms with E-state index >= 15 is 0 Å². The van der Waals surface area contributed by atoms with Gasteiger partial charge in [0.05, 0.1) is 0 Å². The zero-order valence-corrected chi connectivity index (χ0v) is 9.46. The first-order valence-corrected chi connectivity index (χ1v) is 6.07. The SMILES string of the molecule is ClCc1nnc(NC2CCCCCC2)o1. The van der Waals surface area contributed by atoms with Gasteiger partial charge in [-0.25, -0.2) is 0 Å². The molecule has 0 amide bonds. The molecular formula is C10H16ClN3O. The maximum atomic E-state index is 5.59. The number of anilines is 1. The van der Waals surface area contributed by atoms with E-state index in [0.29, 0.717) is 17.9 Å². The van der Waals surface area contributed by atoms with Crippen molar-refractivity contribution in [3.05, 3.63) is 5.89 Å². The molecule has 0 unspecified atom stereocenters. The number of aromatic nitrogens is 2. The van der Waals surface area contributed by atoms with Gasteiger partial charge in [-0.15, -0.1) is 16.7 Å². The van der Waals surface area contributed by atoms with Gasteiger partial charge in [-0.05, 0) is 12.8 Å². The van der Waals surface area contributed by atoms with Crippen LogP contribution < -0.4 is 5.32 Å². The Morgan fingerprint density at radius 1 is 1.20 bits per heavy atom. The topological polar surface area (TPSA) is 51.0 Å². The van der Waals surface area contributed by atoms with Gasteiger partial charge in [0.25, 0.3) is 0 Å². The predicted octanol–water partition coefficient (Wildman–Crippen LogP) is 2.94. The lowest BCUT2D eigenvalue weighted by atomic mass is 10.1. The molecule has 1 saturated carbocycles. The van der Waals surface area contributed by atoms with Crippen molar-refractivity contribution in [1.29, 1.82) is 0 Å². The van der Waals surface area contributed by atoms with Crippen LogP contribution in [0.5, 0.6) is 0 Å². The Hall–Kier alpha value is -0.770. The first-order chi connectivity index (χ1) is 7.38. The lowest BCUT2D eigenvalue weighted by Gasteiger charge is -2.13. The van der Waals surface area contributed by atoms with Crippen molar-refractivity contribution in [3.8, 4) is 0 Å². The third-order valence-electron chi connectivity index (χ3n) is 2.76.